The van der Waals surface area contributed by atoms with Crippen molar-refractivity contribution in [2.45, 2.75) is 6.42 Å². The summed E-state index contributed by atoms with van der Waals surface area (Å²) in [6, 6.07) is 0. The monoisotopic (exact) mass is 268 g/mol. The van der Waals surface area contributed by atoms with Crippen LogP contribution in [0.25, 0.3) is 0 Å². The minimum atomic E-state index is 0.151. The molecular formula is C13H24N4O2. The van der Waals surface area contributed by atoms with Crippen LogP contribution in [-0.4, -0.2) is 97.9 Å². The van der Waals surface area contributed by atoms with Gasteiger partial charge in [0.15, 0.2) is 0 Å². The van der Waals surface area contributed by atoms with Gasteiger partial charge in [-0.1, -0.05) is 0 Å². The third-order valence-corrected chi connectivity index (χ3v) is 4.03. The van der Waals surface area contributed by atoms with Crippen molar-refractivity contribution in [3.63, 3.8) is 0 Å². The quantitative estimate of drug-likeness (QED) is 0.653. The molecule has 0 radical (unpaired) electrons. The Morgan fingerprint density at radius 2 is 1.74 bits per heavy atom. The van der Waals surface area contributed by atoms with Crippen molar-refractivity contribution < 1.29 is 9.59 Å². The van der Waals surface area contributed by atoms with E-state index in [0.717, 1.165) is 39.3 Å². The highest BCUT2D eigenvalue weighted by Crippen LogP contribution is 2.05. The molecular weight excluding hydrogens is 244 g/mol. The van der Waals surface area contributed by atoms with Gasteiger partial charge in [0.05, 0.1) is 6.54 Å². The van der Waals surface area contributed by atoms with Gasteiger partial charge in [0.25, 0.3) is 0 Å². The number of carbonyl (C=O) groups is 2. The van der Waals surface area contributed by atoms with E-state index in [1.165, 1.54) is 0 Å². The molecule has 0 aromatic heterocycles. The van der Waals surface area contributed by atoms with Gasteiger partial charge in [-0.25, -0.2) is 0 Å². The first kappa shape index (κ1) is 14.3. The van der Waals surface area contributed by atoms with E-state index in [9.17, 15) is 9.59 Å². The van der Waals surface area contributed by atoms with Crippen molar-refractivity contribution in [2.75, 3.05) is 66.5 Å². The minimum absolute atomic E-state index is 0.151. The Kier molecular flexibility index (Phi) is 4.76. The lowest BCUT2D eigenvalue weighted by molar-refractivity contribution is -0.137. The molecule has 0 unspecified atom stereocenters. The van der Waals surface area contributed by atoms with Crippen LogP contribution in [0.2, 0.25) is 0 Å². The fourth-order valence-electron chi connectivity index (χ4n) is 2.47. The highest BCUT2D eigenvalue weighted by Gasteiger charge is 2.23. The molecule has 0 spiro atoms. The van der Waals surface area contributed by atoms with Gasteiger partial charge >= 0.3 is 0 Å². The van der Waals surface area contributed by atoms with Crippen LogP contribution in [0, 0.1) is 0 Å². The summed E-state index contributed by atoms with van der Waals surface area (Å²) in [5.41, 5.74) is 0. The molecule has 0 aromatic carbocycles. The Morgan fingerprint density at radius 1 is 1.05 bits per heavy atom. The van der Waals surface area contributed by atoms with E-state index in [0.29, 0.717) is 19.5 Å². The summed E-state index contributed by atoms with van der Waals surface area (Å²) in [5.74, 6) is 0.373. The summed E-state index contributed by atoms with van der Waals surface area (Å²) in [4.78, 5) is 31.7. The molecule has 0 aromatic rings. The molecule has 0 saturated carbocycles. The lowest BCUT2D eigenvalue weighted by Gasteiger charge is -2.34. The van der Waals surface area contributed by atoms with E-state index in [4.69, 9.17) is 0 Å². The Labute approximate surface area is 114 Å². The standard InChI is InChI=1S/C13H24N4O2/c1-14-5-9-17(10-6-14)12(18)3-4-16-8-7-15(2)13(19)11-16/h3-11H2,1-2H3. The number of nitrogens with zero attached hydrogens (tertiary/aromatic N) is 4. The zero-order valence-corrected chi connectivity index (χ0v) is 12.0. The maximum Gasteiger partial charge on any atom is 0.236 e. The molecule has 2 fully saturated rings. The molecule has 2 rings (SSSR count). The predicted octanol–water partition coefficient (Wildman–Crippen LogP) is -1.08. The van der Waals surface area contributed by atoms with Crippen molar-refractivity contribution in [1.82, 2.24) is 19.6 Å². The van der Waals surface area contributed by atoms with E-state index in [2.05, 4.69) is 16.8 Å². The number of amides is 2. The molecule has 0 bridgehead atoms. The summed E-state index contributed by atoms with van der Waals surface area (Å²) < 4.78 is 0. The topological polar surface area (TPSA) is 47.1 Å². The summed E-state index contributed by atoms with van der Waals surface area (Å²) in [5, 5.41) is 0. The number of hydrogen-bond acceptors (Lipinski definition) is 4. The first-order valence-electron chi connectivity index (χ1n) is 6.99. The molecule has 108 valence electrons. The molecule has 2 amide bonds. The van der Waals surface area contributed by atoms with Gasteiger partial charge in [-0.3, -0.25) is 14.5 Å². The predicted molar refractivity (Wildman–Crippen MR) is 72.8 cm³/mol. The highest BCUT2D eigenvalue weighted by molar-refractivity contribution is 5.79. The molecule has 2 heterocycles. The highest BCUT2D eigenvalue weighted by atomic mass is 16.2. The smallest absolute Gasteiger partial charge is 0.236 e. The molecule has 19 heavy (non-hydrogen) atoms. The van der Waals surface area contributed by atoms with E-state index < -0.39 is 0 Å². The molecule has 2 aliphatic heterocycles. The molecule has 6 heteroatoms. The van der Waals surface area contributed by atoms with Crippen LogP contribution in [0.4, 0.5) is 0 Å². The molecule has 0 N–H and O–H groups in total. The number of hydrogen-bond donors (Lipinski definition) is 0. The lowest BCUT2D eigenvalue weighted by atomic mass is 10.2. The average Bonchev–Trinajstić information content (AvgIpc) is 2.40. The van der Waals surface area contributed by atoms with Gasteiger partial charge in [-0.05, 0) is 7.05 Å². The van der Waals surface area contributed by atoms with Crippen LogP contribution < -0.4 is 0 Å². The van der Waals surface area contributed by atoms with Crippen LogP contribution in [0.5, 0.6) is 0 Å². The number of piperazine rings is 2. The second-order valence-corrected chi connectivity index (χ2v) is 5.53. The van der Waals surface area contributed by atoms with E-state index in [1.54, 1.807) is 4.90 Å². The zero-order valence-electron chi connectivity index (χ0n) is 12.0. The Bertz CT molecular complexity index is 340. The Hall–Kier alpha value is -1.14. The van der Waals surface area contributed by atoms with Crippen LogP contribution in [0.3, 0.4) is 0 Å². The van der Waals surface area contributed by atoms with Gasteiger partial charge in [0.1, 0.15) is 0 Å². The second kappa shape index (κ2) is 6.34. The van der Waals surface area contributed by atoms with Gasteiger partial charge in [0, 0.05) is 59.3 Å². The van der Waals surface area contributed by atoms with E-state index >= 15 is 0 Å². The third kappa shape index (κ3) is 3.91. The van der Waals surface area contributed by atoms with Crippen molar-refractivity contribution in [3.05, 3.63) is 0 Å². The maximum atomic E-state index is 12.1. The van der Waals surface area contributed by atoms with Gasteiger partial charge in [0.2, 0.25) is 11.8 Å². The number of likely N-dealkylation sites (N-methyl/N-ethyl adjacent to an activating group) is 2. The van der Waals surface area contributed by atoms with Crippen LogP contribution in [-0.2, 0) is 9.59 Å². The largest absolute Gasteiger partial charge is 0.343 e. The summed E-state index contributed by atoms with van der Waals surface area (Å²) in [7, 11) is 3.91. The van der Waals surface area contributed by atoms with Gasteiger partial charge in [-0.15, -0.1) is 0 Å². The van der Waals surface area contributed by atoms with Crippen molar-refractivity contribution in [3.8, 4) is 0 Å². The fraction of sp³-hybridized carbons (Fsp3) is 0.846. The van der Waals surface area contributed by atoms with E-state index in [-0.39, 0.29) is 11.8 Å². The van der Waals surface area contributed by atoms with Crippen molar-refractivity contribution >= 4 is 11.8 Å². The molecule has 0 atom stereocenters. The third-order valence-electron chi connectivity index (χ3n) is 4.03. The van der Waals surface area contributed by atoms with Crippen molar-refractivity contribution in [1.29, 1.82) is 0 Å². The summed E-state index contributed by atoms with van der Waals surface area (Å²) >= 11 is 0. The summed E-state index contributed by atoms with van der Waals surface area (Å²) in [6.45, 7) is 6.36. The maximum absolute atomic E-state index is 12.1. The van der Waals surface area contributed by atoms with E-state index in [1.807, 2.05) is 11.9 Å². The van der Waals surface area contributed by atoms with Crippen LogP contribution in [0.15, 0.2) is 0 Å². The first-order chi connectivity index (χ1) is 9.06. The molecule has 0 aliphatic carbocycles. The summed E-state index contributed by atoms with van der Waals surface area (Å²) in [6.07, 6.45) is 0.528. The van der Waals surface area contributed by atoms with Crippen LogP contribution in [0.1, 0.15) is 6.42 Å². The molecule has 6 nitrogen and oxygen atoms in total. The number of carbonyl (C=O) groups excluding carboxylic acids is 2. The van der Waals surface area contributed by atoms with Gasteiger partial charge in [-0.2, -0.15) is 0 Å². The van der Waals surface area contributed by atoms with Gasteiger partial charge < -0.3 is 14.7 Å². The Balaban J connectivity index is 1.70. The number of rotatable bonds is 3. The average molecular weight is 268 g/mol. The molecule has 2 aliphatic rings. The first-order valence-corrected chi connectivity index (χ1v) is 6.99. The SMILES string of the molecule is CN1CCN(C(=O)CCN2CCN(C)C(=O)C2)CC1. The molecule has 2 saturated heterocycles. The normalized spacial score (nSPS) is 22.9. The minimum Gasteiger partial charge on any atom is -0.343 e. The van der Waals surface area contributed by atoms with Crippen LogP contribution >= 0.6 is 0 Å². The van der Waals surface area contributed by atoms with Crippen molar-refractivity contribution in [2.24, 2.45) is 0 Å². The lowest BCUT2D eigenvalue weighted by Crippen LogP contribution is -2.50. The fourth-order valence-corrected chi connectivity index (χ4v) is 2.47. The second-order valence-electron chi connectivity index (χ2n) is 5.53. The zero-order chi connectivity index (χ0) is 13.8. The Morgan fingerprint density at radius 3 is 2.37 bits per heavy atom.